The van der Waals surface area contributed by atoms with E-state index in [-0.39, 0.29) is 0 Å². The number of ether oxygens (including phenoxy) is 2. The Hall–Kier alpha value is -2.25. The molecule has 4 saturated heterocycles. The number of hydrogen-bond acceptors (Lipinski definition) is 7. The minimum absolute atomic E-state index is 0.340. The zero-order valence-corrected chi connectivity index (χ0v) is 21.0. The van der Waals surface area contributed by atoms with Crippen LogP contribution in [0, 0.1) is 23.7 Å². The van der Waals surface area contributed by atoms with E-state index in [1.165, 1.54) is 25.9 Å². The molecule has 0 N–H and O–H groups in total. The van der Waals surface area contributed by atoms with Gasteiger partial charge in [-0.1, -0.05) is 6.07 Å². The summed E-state index contributed by atoms with van der Waals surface area (Å²) >= 11 is 0. The maximum absolute atomic E-state index is 6.01. The number of nitrogens with zero attached hydrogens (tertiary/aromatic N) is 5. The van der Waals surface area contributed by atoms with Gasteiger partial charge in [0.05, 0.1) is 0 Å². The molecule has 0 spiro atoms. The van der Waals surface area contributed by atoms with E-state index in [0.717, 1.165) is 19.0 Å². The van der Waals surface area contributed by atoms with Gasteiger partial charge in [0.15, 0.2) is 0 Å². The number of aromatic nitrogens is 3. The molecule has 2 aromatic rings. The van der Waals surface area contributed by atoms with Gasteiger partial charge in [0, 0.05) is 86.6 Å². The van der Waals surface area contributed by atoms with E-state index in [4.69, 9.17) is 9.47 Å². The van der Waals surface area contributed by atoms with E-state index < -0.39 is 0 Å². The third kappa shape index (κ3) is 5.05. The molecule has 0 radical (unpaired) electrons. The summed E-state index contributed by atoms with van der Waals surface area (Å²) in [5, 5.41) is 0. The van der Waals surface area contributed by atoms with Crippen LogP contribution < -0.4 is 9.47 Å². The first-order valence-corrected chi connectivity index (χ1v) is 13.0. The minimum atomic E-state index is 0.340. The fraction of sp³-hybridized carbons (Fsp3) is 0.667. The lowest BCUT2D eigenvalue weighted by atomic mass is 9.67. The Morgan fingerprint density at radius 2 is 1.18 bits per heavy atom. The zero-order chi connectivity index (χ0) is 23.7. The smallest absolute Gasteiger partial charge is 0.316 e. The zero-order valence-electron chi connectivity index (χ0n) is 21.0. The van der Waals surface area contributed by atoms with Gasteiger partial charge < -0.3 is 19.3 Å². The second-order valence-corrected chi connectivity index (χ2v) is 11.0. The van der Waals surface area contributed by atoms with Gasteiger partial charge in [-0.05, 0) is 52.7 Å². The van der Waals surface area contributed by atoms with E-state index in [1.807, 2.05) is 24.3 Å². The lowest BCUT2D eigenvalue weighted by Crippen LogP contribution is -2.61. The number of rotatable bonds is 6. The molecule has 4 unspecified atom stereocenters. The second-order valence-electron chi connectivity index (χ2n) is 11.0. The van der Waals surface area contributed by atoms with Crippen molar-refractivity contribution >= 4 is 0 Å². The van der Waals surface area contributed by atoms with E-state index in [9.17, 15) is 0 Å². The number of fused-ring (bicyclic) bond motifs is 4. The Kier molecular flexibility index (Phi) is 7.02. The van der Waals surface area contributed by atoms with Crippen LogP contribution in [-0.2, 0) is 0 Å². The maximum atomic E-state index is 6.01. The van der Waals surface area contributed by atoms with Gasteiger partial charge in [-0.25, -0.2) is 15.0 Å². The predicted molar refractivity (Wildman–Crippen MR) is 132 cm³/mol. The Morgan fingerprint density at radius 3 is 1.65 bits per heavy atom. The molecule has 6 aliphatic rings. The summed E-state index contributed by atoms with van der Waals surface area (Å²) in [7, 11) is 0. The highest BCUT2D eigenvalue weighted by atomic mass is 16.5. The molecule has 2 saturated carbocycles. The van der Waals surface area contributed by atoms with E-state index in [1.54, 1.807) is 18.6 Å². The fourth-order valence-corrected chi connectivity index (χ4v) is 6.01. The number of pyridine rings is 1. The van der Waals surface area contributed by atoms with Crippen molar-refractivity contribution in [3.05, 3.63) is 42.9 Å². The van der Waals surface area contributed by atoms with Crippen molar-refractivity contribution in [2.45, 2.75) is 64.8 Å². The monoisotopic (exact) mass is 465 g/mol. The summed E-state index contributed by atoms with van der Waals surface area (Å²) in [4.78, 5) is 17.6. The Labute approximate surface area is 203 Å². The normalized spacial score (nSPS) is 32.3. The van der Waals surface area contributed by atoms with Crippen LogP contribution in [0.1, 0.15) is 40.5 Å². The maximum Gasteiger partial charge on any atom is 0.316 e. The molecule has 8 rings (SSSR count). The molecule has 7 heteroatoms. The average Bonchev–Trinajstić information content (AvgIpc) is 2.87. The molecule has 0 amide bonds. The first-order valence-electron chi connectivity index (χ1n) is 13.0. The predicted octanol–water partition coefficient (Wildman–Crippen LogP) is 3.77. The summed E-state index contributed by atoms with van der Waals surface area (Å²) in [6.45, 7) is 13.8. The van der Waals surface area contributed by atoms with Crippen molar-refractivity contribution in [1.29, 1.82) is 0 Å². The fourth-order valence-electron chi connectivity index (χ4n) is 6.01. The molecule has 4 aliphatic heterocycles. The van der Waals surface area contributed by atoms with Gasteiger partial charge >= 0.3 is 6.01 Å². The van der Waals surface area contributed by atoms with Crippen molar-refractivity contribution in [3.63, 3.8) is 0 Å². The van der Waals surface area contributed by atoms with Gasteiger partial charge in [-0.2, -0.15) is 0 Å². The molecule has 7 nitrogen and oxygen atoms in total. The summed E-state index contributed by atoms with van der Waals surface area (Å²) in [5.74, 6) is 3.53. The van der Waals surface area contributed by atoms with E-state index in [0.29, 0.717) is 54.0 Å². The van der Waals surface area contributed by atoms with Crippen molar-refractivity contribution in [1.82, 2.24) is 24.8 Å². The molecular formula is C27H39N5O2. The summed E-state index contributed by atoms with van der Waals surface area (Å²) in [5.41, 5.74) is 0. The van der Waals surface area contributed by atoms with Crippen LogP contribution in [-0.4, -0.2) is 75.2 Å². The van der Waals surface area contributed by atoms with Crippen molar-refractivity contribution in [2.75, 3.05) is 26.2 Å². The lowest BCUT2D eigenvalue weighted by Gasteiger charge is -2.53. The summed E-state index contributed by atoms with van der Waals surface area (Å²) in [6, 6.07) is 9.52. The Morgan fingerprint density at radius 1 is 0.676 bits per heavy atom. The largest absolute Gasteiger partial charge is 0.474 e. The quantitative estimate of drug-likeness (QED) is 0.643. The van der Waals surface area contributed by atoms with E-state index >= 15 is 0 Å². The first-order chi connectivity index (χ1) is 16.5. The molecule has 0 aromatic carbocycles. The standard InChI is InChI=1S/C14H20N2O.C13H19N3O/c1-10(2)16-8-11-7-12(9-16)14(11)17-13-5-3-4-6-15-13;1-9(2)16-7-10-6-11(8-16)12(10)17-13-14-4-3-5-15-13/h3-6,10-12,14H,7-9H2,1-2H3;3-5,9-12H,6-8H2,1-2H3. The molecule has 34 heavy (non-hydrogen) atoms. The van der Waals surface area contributed by atoms with Crippen molar-refractivity contribution < 1.29 is 9.47 Å². The van der Waals surface area contributed by atoms with Crippen LogP contribution in [0.3, 0.4) is 0 Å². The number of hydrogen-bond donors (Lipinski definition) is 0. The third-order valence-electron chi connectivity index (χ3n) is 8.08. The molecule has 6 fully saturated rings. The molecule has 6 heterocycles. The SMILES string of the molecule is CC(C)N1CC2CC(C1)C2Oc1ccccn1.CC(C)N1CC2CC(C1)C2Oc1ncccn1. The number of piperidine rings is 4. The van der Waals surface area contributed by atoms with Gasteiger partial charge in [-0.3, -0.25) is 0 Å². The van der Waals surface area contributed by atoms with Gasteiger partial charge in [0.25, 0.3) is 0 Å². The Balaban J connectivity index is 0.000000142. The summed E-state index contributed by atoms with van der Waals surface area (Å²) in [6.07, 6.45) is 8.65. The molecule has 2 aromatic heterocycles. The van der Waals surface area contributed by atoms with Gasteiger partial charge in [-0.15, -0.1) is 0 Å². The first kappa shape index (κ1) is 23.5. The molecular weight excluding hydrogens is 426 g/mol. The van der Waals surface area contributed by atoms with Crippen LogP contribution in [0.2, 0.25) is 0 Å². The highest BCUT2D eigenvalue weighted by Crippen LogP contribution is 2.43. The minimum Gasteiger partial charge on any atom is -0.474 e. The van der Waals surface area contributed by atoms with E-state index in [2.05, 4.69) is 52.4 Å². The van der Waals surface area contributed by atoms with Crippen LogP contribution in [0.5, 0.6) is 11.9 Å². The molecule has 4 atom stereocenters. The van der Waals surface area contributed by atoms with Gasteiger partial charge in [0.1, 0.15) is 12.2 Å². The van der Waals surface area contributed by atoms with Crippen LogP contribution in [0.15, 0.2) is 42.9 Å². The van der Waals surface area contributed by atoms with Crippen LogP contribution in [0.4, 0.5) is 0 Å². The van der Waals surface area contributed by atoms with Gasteiger partial charge in [0.2, 0.25) is 5.88 Å². The van der Waals surface area contributed by atoms with Crippen LogP contribution in [0.25, 0.3) is 0 Å². The lowest BCUT2D eigenvalue weighted by molar-refractivity contribution is -0.103. The molecule has 184 valence electrons. The van der Waals surface area contributed by atoms with Crippen LogP contribution >= 0.6 is 0 Å². The molecule has 2 aliphatic carbocycles. The average molecular weight is 466 g/mol. The second kappa shape index (κ2) is 10.2. The third-order valence-corrected chi connectivity index (χ3v) is 8.08. The Bertz CT molecular complexity index is 812. The van der Waals surface area contributed by atoms with Crippen molar-refractivity contribution in [3.8, 4) is 11.9 Å². The highest BCUT2D eigenvalue weighted by Gasteiger charge is 2.49. The highest BCUT2D eigenvalue weighted by molar-refractivity contribution is 5.12. The van der Waals surface area contributed by atoms with Crippen molar-refractivity contribution in [2.24, 2.45) is 23.7 Å². The molecule has 4 bridgehead atoms. The summed E-state index contributed by atoms with van der Waals surface area (Å²) < 4.78 is 11.9. The topological polar surface area (TPSA) is 63.6 Å².